The van der Waals surface area contributed by atoms with Gasteiger partial charge in [-0.3, -0.25) is 0 Å². The summed E-state index contributed by atoms with van der Waals surface area (Å²) in [5.74, 6) is 1.18. The maximum atomic E-state index is 11.9. The Labute approximate surface area is 268 Å². The van der Waals surface area contributed by atoms with E-state index in [1.165, 1.54) is 6.08 Å². The summed E-state index contributed by atoms with van der Waals surface area (Å²) in [6, 6.07) is 11.0. The van der Waals surface area contributed by atoms with Crippen LogP contribution in [0.1, 0.15) is 92.3 Å². The van der Waals surface area contributed by atoms with Crippen LogP contribution in [0.4, 0.5) is 0 Å². The number of carbonyl (C=O) groups excluding carboxylic acids is 2. The van der Waals surface area contributed by atoms with Crippen LogP contribution in [-0.4, -0.2) is 62.8 Å². The van der Waals surface area contributed by atoms with Crippen molar-refractivity contribution in [2.75, 3.05) is 40.6 Å². The first-order chi connectivity index (χ1) is 21.9. The predicted molar refractivity (Wildman–Crippen MR) is 169 cm³/mol. The van der Waals surface area contributed by atoms with Gasteiger partial charge >= 0.3 is 11.9 Å². The monoisotopic (exact) mass is 648 g/mol. The number of esters is 2. The molecule has 14 nitrogen and oxygen atoms in total. The molecule has 0 saturated carbocycles. The van der Waals surface area contributed by atoms with Crippen molar-refractivity contribution >= 4 is 18.0 Å². The summed E-state index contributed by atoms with van der Waals surface area (Å²) < 4.78 is 20.8. The van der Waals surface area contributed by atoms with E-state index in [1.54, 1.807) is 32.4 Å². The Bertz CT molecular complexity index is 1290. The molecule has 2 aromatic carbocycles. The number of unbranched alkanes of at least 4 members (excludes halogenated alkanes) is 2. The number of hydrogen-bond acceptors (Lipinski definition) is 12. The van der Waals surface area contributed by atoms with Crippen molar-refractivity contribution in [3.8, 4) is 11.5 Å². The van der Waals surface area contributed by atoms with Crippen LogP contribution >= 0.6 is 0 Å². The fraction of sp³-hybridized carbons (Fsp3) is 0.500. The average Bonchev–Trinajstić information content (AvgIpc) is 3.02. The highest BCUT2D eigenvalue weighted by atomic mass is 17.0. The lowest BCUT2D eigenvalue weighted by Gasteiger charge is -2.13. The molecule has 0 aromatic heterocycles. The van der Waals surface area contributed by atoms with E-state index in [-0.39, 0.29) is 26.4 Å². The van der Waals surface area contributed by atoms with Crippen LogP contribution in [0, 0.1) is 20.2 Å². The first-order valence-electron chi connectivity index (χ1n) is 14.8. The summed E-state index contributed by atoms with van der Waals surface area (Å²) in [6.45, 7) is 8.65. The smallest absolute Gasteiger partial charge is 0.338 e. The number of methoxy groups -OCH3 is 2. The van der Waals surface area contributed by atoms with Gasteiger partial charge in [0, 0.05) is 6.08 Å². The fourth-order valence-corrected chi connectivity index (χ4v) is 3.94. The number of carbonyl (C=O) groups is 2. The molecule has 2 rings (SSSR count). The Morgan fingerprint density at radius 3 is 1.70 bits per heavy atom. The molecule has 46 heavy (non-hydrogen) atoms. The predicted octanol–water partition coefficient (Wildman–Crippen LogP) is 6.33. The van der Waals surface area contributed by atoms with Gasteiger partial charge in [0.2, 0.25) is 0 Å². The third-order valence-electron chi connectivity index (χ3n) is 6.33. The van der Waals surface area contributed by atoms with Crippen LogP contribution in [0.5, 0.6) is 11.5 Å². The normalized spacial score (nSPS) is 10.6. The molecule has 0 aliphatic rings. The van der Waals surface area contributed by atoms with E-state index in [0.717, 1.165) is 22.4 Å². The van der Waals surface area contributed by atoms with E-state index in [4.69, 9.17) is 18.9 Å². The van der Waals surface area contributed by atoms with Crippen molar-refractivity contribution in [3.05, 3.63) is 85.0 Å². The fourth-order valence-electron chi connectivity index (χ4n) is 3.94. The van der Waals surface area contributed by atoms with Gasteiger partial charge in [-0.05, 0) is 78.5 Å². The highest BCUT2D eigenvalue weighted by Crippen LogP contribution is 2.28. The van der Waals surface area contributed by atoms with E-state index in [9.17, 15) is 29.8 Å². The van der Waals surface area contributed by atoms with Gasteiger partial charge in [0.15, 0.2) is 0 Å². The van der Waals surface area contributed by atoms with Crippen molar-refractivity contribution < 1.29 is 48.4 Å². The van der Waals surface area contributed by atoms with E-state index in [1.807, 2.05) is 38.1 Å². The summed E-state index contributed by atoms with van der Waals surface area (Å²) in [5.41, 5.74) is 3.39. The third kappa shape index (κ3) is 15.7. The highest BCUT2D eigenvalue weighted by Gasteiger charge is 2.13. The van der Waals surface area contributed by atoms with Crippen molar-refractivity contribution in [1.29, 1.82) is 0 Å². The summed E-state index contributed by atoms with van der Waals surface area (Å²) in [4.78, 5) is 51.7. The van der Waals surface area contributed by atoms with Gasteiger partial charge in [0.05, 0.1) is 46.2 Å². The molecule has 0 aliphatic heterocycles. The molecule has 0 aliphatic carbocycles. The molecule has 2 aromatic rings. The number of hydrogen-bond donors (Lipinski definition) is 0. The first kappa shape index (κ1) is 39.1. The zero-order chi connectivity index (χ0) is 34.5. The lowest BCUT2D eigenvalue weighted by Crippen LogP contribution is -2.09. The second-order valence-corrected chi connectivity index (χ2v) is 10.4. The lowest BCUT2D eigenvalue weighted by molar-refractivity contribution is -0.757. The van der Waals surface area contributed by atoms with Crippen LogP contribution in [-0.2, 0) is 23.9 Å². The minimum atomic E-state index is -0.840. The number of benzene rings is 2. The van der Waals surface area contributed by atoms with Crippen LogP contribution in [0.15, 0.2) is 42.5 Å². The Hall–Kier alpha value is -4.88. The Kier molecular flexibility index (Phi) is 18.5. The molecular formula is C32H44N2O12. The Morgan fingerprint density at radius 1 is 0.717 bits per heavy atom. The van der Waals surface area contributed by atoms with Crippen LogP contribution in [0.25, 0.3) is 6.08 Å². The van der Waals surface area contributed by atoms with Gasteiger partial charge in [-0.25, -0.2) is 9.59 Å². The SMILES string of the molecule is COc1cc(/C=C/C(=O)OCCCCO[N+](=O)[O-])ccc1C(C)C.COc1cc(C(=O)OCCCCO[N+](=O)[O-])ccc1C(C)C. The zero-order valence-corrected chi connectivity index (χ0v) is 27.2. The van der Waals surface area contributed by atoms with Crippen LogP contribution in [0.3, 0.4) is 0 Å². The topological polar surface area (TPSA) is 176 Å². The minimum Gasteiger partial charge on any atom is -0.496 e. The zero-order valence-electron chi connectivity index (χ0n) is 27.2. The van der Waals surface area contributed by atoms with E-state index >= 15 is 0 Å². The molecule has 0 bridgehead atoms. The molecular weight excluding hydrogens is 604 g/mol. The molecule has 0 radical (unpaired) electrons. The molecule has 14 heteroatoms. The van der Waals surface area contributed by atoms with Crippen LogP contribution in [0.2, 0.25) is 0 Å². The van der Waals surface area contributed by atoms with Crippen LogP contribution < -0.4 is 9.47 Å². The molecule has 0 spiro atoms. The quantitative estimate of drug-likeness (QED) is 0.0545. The maximum Gasteiger partial charge on any atom is 0.338 e. The van der Waals surface area contributed by atoms with Crippen molar-refractivity contribution in [2.45, 2.75) is 65.2 Å². The molecule has 0 heterocycles. The maximum absolute atomic E-state index is 11.9. The molecule has 0 N–H and O–H groups in total. The van der Waals surface area contributed by atoms with Gasteiger partial charge in [0.25, 0.3) is 10.2 Å². The largest absolute Gasteiger partial charge is 0.496 e. The molecule has 0 unspecified atom stereocenters. The number of ether oxygens (including phenoxy) is 4. The van der Waals surface area contributed by atoms with Gasteiger partial charge in [0.1, 0.15) is 11.5 Å². The third-order valence-corrected chi connectivity index (χ3v) is 6.33. The lowest BCUT2D eigenvalue weighted by atomic mass is 10.00. The van der Waals surface area contributed by atoms with Crippen molar-refractivity contribution in [3.63, 3.8) is 0 Å². The van der Waals surface area contributed by atoms with Gasteiger partial charge in [-0.1, -0.05) is 45.9 Å². The standard InChI is InChI=1S/C17H23NO6.C15H21NO6/c1-13(2)15-8-6-14(12-16(15)22-3)7-9-17(19)23-10-4-5-11-24-18(20)21;1-11(2)13-7-6-12(10-14(13)20-3)15(17)21-8-4-5-9-22-16(18)19/h6-9,12-13H,4-5,10-11H2,1-3H3;6-7,10-11H,4-5,8-9H2,1-3H3/b9-7+;. The van der Waals surface area contributed by atoms with E-state index in [2.05, 4.69) is 23.5 Å². The van der Waals surface area contributed by atoms with Gasteiger partial charge < -0.3 is 28.6 Å². The second-order valence-electron chi connectivity index (χ2n) is 10.4. The van der Waals surface area contributed by atoms with E-state index < -0.39 is 22.1 Å². The van der Waals surface area contributed by atoms with E-state index in [0.29, 0.717) is 48.8 Å². The van der Waals surface area contributed by atoms with Gasteiger partial charge in [-0.2, -0.15) is 0 Å². The molecule has 0 amide bonds. The molecule has 0 saturated heterocycles. The van der Waals surface area contributed by atoms with Gasteiger partial charge in [-0.15, -0.1) is 20.2 Å². The second kappa shape index (κ2) is 21.8. The number of nitrogens with zero attached hydrogens (tertiary/aromatic N) is 2. The summed E-state index contributed by atoms with van der Waals surface area (Å²) in [7, 11) is 3.18. The summed E-state index contributed by atoms with van der Waals surface area (Å²) >= 11 is 0. The Morgan fingerprint density at radius 2 is 1.20 bits per heavy atom. The minimum absolute atomic E-state index is 0.00145. The summed E-state index contributed by atoms with van der Waals surface area (Å²) in [6.07, 6.45) is 4.91. The average molecular weight is 649 g/mol. The van der Waals surface area contributed by atoms with Crippen molar-refractivity contribution in [2.24, 2.45) is 0 Å². The molecule has 0 atom stereocenters. The molecule has 0 fully saturated rings. The van der Waals surface area contributed by atoms with Crippen molar-refractivity contribution in [1.82, 2.24) is 0 Å². The first-order valence-corrected chi connectivity index (χ1v) is 14.8. The number of rotatable bonds is 19. The highest BCUT2D eigenvalue weighted by molar-refractivity contribution is 5.90. The summed E-state index contributed by atoms with van der Waals surface area (Å²) in [5, 5.41) is 18.2. The molecule has 254 valence electrons. The Balaban J connectivity index is 0.000000462.